The second-order valence-corrected chi connectivity index (χ2v) is 9.79. The summed E-state index contributed by atoms with van der Waals surface area (Å²) in [5.74, 6) is -0.199. The number of carbonyl (C=O) groups is 1. The van der Waals surface area contributed by atoms with Crippen LogP contribution in [0.2, 0.25) is 0 Å². The molecule has 2 rings (SSSR count). The van der Waals surface area contributed by atoms with Gasteiger partial charge in [0, 0.05) is 12.3 Å². The normalized spacial score (nSPS) is 13.5. The third-order valence-electron chi connectivity index (χ3n) is 4.37. The van der Waals surface area contributed by atoms with Crippen molar-refractivity contribution in [2.24, 2.45) is 0 Å². The summed E-state index contributed by atoms with van der Waals surface area (Å²) in [7, 11) is -3.22. The molecule has 0 aliphatic rings. The van der Waals surface area contributed by atoms with E-state index in [2.05, 4.69) is 38.2 Å². The van der Waals surface area contributed by atoms with Gasteiger partial charge in [-0.05, 0) is 47.2 Å². The first-order valence-electron chi connectivity index (χ1n) is 8.86. The number of benzene rings is 2. The maximum Gasteiger partial charge on any atom is 0.244 e. The van der Waals surface area contributed by atoms with Crippen LogP contribution >= 0.6 is 0 Å². The van der Waals surface area contributed by atoms with Crippen molar-refractivity contribution < 1.29 is 13.2 Å². The van der Waals surface area contributed by atoms with Crippen LogP contribution in [0.3, 0.4) is 0 Å². The van der Waals surface area contributed by atoms with E-state index in [0.29, 0.717) is 0 Å². The molecule has 0 aliphatic carbocycles. The Bertz CT molecular complexity index is 919. The van der Waals surface area contributed by atoms with Gasteiger partial charge in [-0.25, -0.2) is 8.42 Å². The first-order valence-corrected chi connectivity index (χ1v) is 10.7. The largest absolute Gasteiger partial charge is 0.346 e. The summed E-state index contributed by atoms with van der Waals surface area (Å²) in [4.78, 5) is 12.4. The van der Waals surface area contributed by atoms with E-state index in [9.17, 15) is 13.2 Å². The van der Waals surface area contributed by atoms with Gasteiger partial charge in [-0.2, -0.15) is 0 Å². The Morgan fingerprint density at radius 3 is 2.04 bits per heavy atom. The van der Waals surface area contributed by atoms with Crippen molar-refractivity contribution in [2.75, 3.05) is 6.26 Å². The van der Waals surface area contributed by atoms with Crippen molar-refractivity contribution in [3.63, 3.8) is 0 Å². The molecule has 0 radical (unpaired) electrons. The maximum absolute atomic E-state index is 12.2. The van der Waals surface area contributed by atoms with Gasteiger partial charge in [0.15, 0.2) is 9.84 Å². The predicted molar refractivity (Wildman–Crippen MR) is 110 cm³/mol. The number of nitrogens with one attached hydrogen (secondary N) is 1. The number of hydrogen-bond donors (Lipinski definition) is 1. The molecule has 1 N–H and O–H groups in total. The molecule has 0 spiro atoms. The lowest BCUT2D eigenvalue weighted by Gasteiger charge is -2.18. The second kappa shape index (κ2) is 8.09. The third kappa shape index (κ3) is 6.07. The monoisotopic (exact) mass is 385 g/mol. The Morgan fingerprint density at radius 2 is 1.56 bits per heavy atom. The van der Waals surface area contributed by atoms with E-state index in [-0.39, 0.29) is 22.3 Å². The van der Waals surface area contributed by atoms with Gasteiger partial charge < -0.3 is 5.32 Å². The van der Waals surface area contributed by atoms with Crippen LogP contribution in [-0.4, -0.2) is 20.6 Å². The summed E-state index contributed by atoms with van der Waals surface area (Å²) >= 11 is 0. The first-order chi connectivity index (χ1) is 12.5. The third-order valence-corrected chi connectivity index (χ3v) is 5.50. The molecule has 0 aromatic heterocycles. The lowest BCUT2D eigenvalue weighted by atomic mass is 9.87. The lowest BCUT2D eigenvalue weighted by molar-refractivity contribution is -0.117. The summed E-state index contributed by atoms with van der Waals surface area (Å²) in [5, 5.41) is 2.89. The molecular weight excluding hydrogens is 358 g/mol. The molecule has 1 amide bonds. The molecule has 4 nitrogen and oxygen atoms in total. The zero-order chi connectivity index (χ0) is 20.2. The smallest absolute Gasteiger partial charge is 0.244 e. The van der Waals surface area contributed by atoms with Crippen LogP contribution in [0.5, 0.6) is 0 Å². The highest BCUT2D eigenvalue weighted by Crippen LogP contribution is 2.22. The van der Waals surface area contributed by atoms with Gasteiger partial charge in [-0.15, -0.1) is 0 Å². The Balaban J connectivity index is 1.99. The number of hydrogen-bond acceptors (Lipinski definition) is 3. The molecule has 1 atom stereocenters. The van der Waals surface area contributed by atoms with Crippen LogP contribution in [0.15, 0.2) is 59.5 Å². The minimum atomic E-state index is -3.22. The number of carbonyl (C=O) groups excluding carboxylic acids is 1. The average molecular weight is 386 g/mol. The molecule has 0 fully saturated rings. The fraction of sp³-hybridized carbons (Fsp3) is 0.318. The van der Waals surface area contributed by atoms with E-state index in [1.54, 1.807) is 30.3 Å². The molecule has 5 heteroatoms. The zero-order valence-electron chi connectivity index (χ0n) is 16.5. The van der Waals surface area contributed by atoms with Gasteiger partial charge in [-0.1, -0.05) is 57.2 Å². The Labute approximate surface area is 162 Å². The number of sulfone groups is 1. The summed E-state index contributed by atoms with van der Waals surface area (Å²) < 4.78 is 23.0. The second-order valence-electron chi connectivity index (χ2n) is 7.78. The highest BCUT2D eigenvalue weighted by atomic mass is 32.2. The molecule has 1 unspecified atom stereocenters. The van der Waals surface area contributed by atoms with Gasteiger partial charge in [0.1, 0.15) is 0 Å². The van der Waals surface area contributed by atoms with Crippen molar-refractivity contribution >= 4 is 21.8 Å². The fourth-order valence-corrected chi connectivity index (χ4v) is 3.25. The van der Waals surface area contributed by atoms with Crippen LogP contribution in [0, 0.1) is 0 Å². The molecule has 0 saturated heterocycles. The quantitative estimate of drug-likeness (QED) is 0.782. The van der Waals surface area contributed by atoms with Crippen molar-refractivity contribution in [1.29, 1.82) is 0 Å². The van der Waals surface area contributed by atoms with Crippen LogP contribution in [0.4, 0.5) is 0 Å². The van der Waals surface area contributed by atoms with E-state index < -0.39 is 9.84 Å². The number of rotatable bonds is 5. The van der Waals surface area contributed by atoms with Gasteiger partial charge in [-0.3, -0.25) is 4.79 Å². The molecule has 2 aromatic rings. The van der Waals surface area contributed by atoms with Crippen molar-refractivity contribution in [2.45, 2.75) is 44.0 Å². The summed E-state index contributed by atoms with van der Waals surface area (Å²) in [5.41, 5.74) is 3.15. The van der Waals surface area contributed by atoms with Crippen LogP contribution in [0.1, 0.15) is 50.4 Å². The molecule has 0 saturated carbocycles. The van der Waals surface area contributed by atoms with Crippen LogP contribution in [0.25, 0.3) is 6.08 Å². The topological polar surface area (TPSA) is 63.2 Å². The van der Waals surface area contributed by atoms with Gasteiger partial charge in [0.2, 0.25) is 5.91 Å². The minimum absolute atomic E-state index is 0.0989. The summed E-state index contributed by atoms with van der Waals surface area (Å²) in [6, 6.07) is 14.5. The van der Waals surface area contributed by atoms with E-state index in [1.807, 2.05) is 19.1 Å². The van der Waals surface area contributed by atoms with E-state index in [4.69, 9.17) is 0 Å². The highest BCUT2D eigenvalue weighted by molar-refractivity contribution is 7.90. The minimum Gasteiger partial charge on any atom is -0.346 e. The SMILES string of the molecule is CC(NC(=O)/C=C/c1ccc(C(C)(C)C)cc1)c1ccc(S(C)(=O)=O)cc1. The Hall–Kier alpha value is -2.40. The predicted octanol–water partition coefficient (Wildman–Crippen LogP) is 4.28. The van der Waals surface area contributed by atoms with E-state index in [0.717, 1.165) is 11.1 Å². The standard InChI is InChI=1S/C22H27NO3S/c1-16(18-9-13-20(14-10-18)27(5,25)26)23-21(24)15-8-17-6-11-19(12-7-17)22(2,3)4/h6-16H,1-5H3,(H,23,24)/b15-8+. The average Bonchev–Trinajstić information content (AvgIpc) is 2.59. The first kappa shape index (κ1) is 20.9. The lowest BCUT2D eigenvalue weighted by Crippen LogP contribution is -2.24. The van der Waals surface area contributed by atoms with Crippen molar-refractivity contribution in [1.82, 2.24) is 5.32 Å². The summed E-state index contributed by atoms with van der Waals surface area (Å²) in [6.07, 6.45) is 4.46. The van der Waals surface area contributed by atoms with Crippen molar-refractivity contribution in [3.05, 3.63) is 71.3 Å². The Morgan fingerprint density at radius 1 is 1.00 bits per heavy atom. The fourth-order valence-electron chi connectivity index (χ4n) is 2.61. The maximum atomic E-state index is 12.2. The van der Waals surface area contributed by atoms with Crippen molar-refractivity contribution in [3.8, 4) is 0 Å². The number of amides is 1. The molecule has 0 bridgehead atoms. The van der Waals surface area contributed by atoms with E-state index >= 15 is 0 Å². The summed E-state index contributed by atoms with van der Waals surface area (Å²) in [6.45, 7) is 8.35. The van der Waals surface area contributed by atoms with Gasteiger partial charge >= 0.3 is 0 Å². The molecular formula is C22H27NO3S. The van der Waals surface area contributed by atoms with Crippen LogP contribution in [-0.2, 0) is 20.0 Å². The van der Waals surface area contributed by atoms with Gasteiger partial charge in [0.05, 0.1) is 10.9 Å². The highest BCUT2D eigenvalue weighted by Gasteiger charge is 2.13. The zero-order valence-corrected chi connectivity index (χ0v) is 17.3. The Kier molecular flexibility index (Phi) is 6.26. The molecule has 2 aromatic carbocycles. The van der Waals surface area contributed by atoms with Crippen LogP contribution < -0.4 is 5.32 Å². The van der Waals surface area contributed by atoms with E-state index in [1.165, 1.54) is 17.9 Å². The molecule has 0 aliphatic heterocycles. The molecule has 0 heterocycles. The molecule has 144 valence electrons. The van der Waals surface area contributed by atoms with Gasteiger partial charge in [0.25, 0.3) is 0 Å². The molecule has 27 heavy (non-hydrogen) atoms.